The van der Waals surface area contributed by atoms with Crippen molar-refractivity contribution < 1.29 is 4.79 Å². The Hall–Kier alpha value is -0.900. The summed E-state index contributed by atoms with van der Waals surface area (Å²) in [6.45, 7) is 6.45. The molecule has 15 heavy (non-hydrogen) atoms. The van der Waals surface area contributed by atoms with Crippen molar-refractivity contribution in [2.45, 2.75) is 13.8 Å². The van der Waals surface area contributed by atoms with Crippen LogP contribution in [0.5, 0.6) is 0 Å². The summed E-state index contributed by atoms with van der Waals surface area (Å²) < 4.78 is 0. The molecular weight excluding hydrogens is 208 g/mol. The molecule has 1 amide bonds. The van der Waals surface area contributed by atoms with Gasteiger partial charge in [-0.1, -0.05) is 13.8 Å². The van der Waals surface area contributed by atoms with Crippen LogP contribution in [0.2, 0.25) is 0 Å². The minimum atomic E-state index is 0.110. The average Bonchev–Trinajstić information content (AvgIpc) is 2.79. The highest BCUT2D eigenvalue weighted by molar-refractivity contribution is 7.07. The van der Waals surface area contributed by atoms with Crippen LogP contribution in [0.1, 0.15) is 24.3 Å². The number of rotatable bonds is 1. The maximum atomic E-state index is 12.0. The number of likely N-dealkylation sites (tertiary alicyclic amines) is 1. The van der Waals surface area contributed by atoms with Gasteiger partial charge in [-0.2, -0.15) is 0 Å². The van der Waals surface area contributed by atoms with E-state index in [4.69, 9.17) is 0 Å². The first kappa shape index (κ1) is 9.33. The summed E-state index contributed by atoms with van der Waals surface area (Å²) in [7, 11) is 0. The van der Waals surface area contributed by atoms with E-state index < -0.39 is 0 Å². The Morgan fingerprint density at radius 2 is 2.20 bits per heavy atom. The second-order valence-corrected chi connectivity index (χ2v) is 5.84. The van der Waals surface area contributed by atoms with E-state index in [2.05, 4.69) is 18.8 Å². The summed E-state index contributed by atoms with van der Waals surface area (Å²) in [6, 6.07) is 0. The third kappa shape index (κ3) is 1.24. The highest BCUT2D eigenvalue weighted by Crippen LogP contribution is 2.61. The Kier molecular flexibility index (Phi) is 1.75. The van der Waals surface area contributed by atoms with E-state index in [0.29, 0.717) is 11.1 Å². The Morgan fingerprint density at radius 1 is 1.53 bits per heavy atom. The standard InChI is InChI=1S/C11H14N2OS/c1-11(2)7-3-13(4-8(7)11)10(14)9-5-15-6-12-9/h5-8H,3-4H2,1-2H3. The van der Waals surface area contributed by atoms with Gasteiger partial charge in [-0.05, 0) is 17.3 Å². The predicted octanol–water partition coefficient (Wildman–Crippen LogP) is 1.87. The monoisotopic (exact) mass is 222 g/mol. The molecule has 1 aliphatic carbocycles. The second kappa shape index (κ2) is 2.82. The molecule has 80 valence electrons. The molecule has 3 rings (SSSR count). The fourth-order valence-electron chi connectivity index (χ4n) is 2.78. The summed E-state index contributed by atoms with van der Waals surface area (Å²) in [5, 5.41) is 1.83. The van der Waals surface area contributed by atoms with Crippen molar-refractivity contribution >= 4 is 17.2 Å². The van der Waals surface area contributed by atoms with Crippen molar-refractivity contribution in [3.63, 3.8) is 0 Å². The molecule has 2 heterocycles. The van der Waals surface area contributed by atoms with Crippen molar-refractivity contribution in [1.82, 2.24) is 9.88 Å². The van der Waals surface area contributed by atoms with E-state index in [1.807, 2.05) is 10.3 Å². The average molecular weight is 222 g/mol. The molecule has 2 aliphatic rings. The van der Waals surface area contributed by atoms with E-state index in [1.165, 1.54) is 11.3 Å². The molecule has 2 unspecified atom stereocenters. The van der Waals surface area contributed by atoms with Gasteiger partial charge in [0.2, 0.25) is 0 Å². The quantitative estimate of drug-likeness (QED) is 0.726. The number of carbonyl (C=O) groups is 1. The van der Waals surface area contributed by atoms with Gasteiger partial charge in [-0.15, -0.1) is 11.3 Å². The van der Waals surface area contributed by atoms with Crippen LogP contribution in [0.15, 0.2) is 10.9 Å². The molecule has 0 radical (unpaired) electrons. The first-order valence-electron chi connectivity index (χ1n) is 5.28. The molecule has 0 aromatic carbocycles. The van der Waals surface area contributed by atoms with E-state index in [1.54, 1.807) is 5.51 Å². The molecule has 0 bridgehead atoms. The van der Waals surface area contributed by atoms with Crippen LogP contribution in [0, 0.1) is 17.3 Å². The number of fused-ring (bicyclic) bond motifs is 1. The topological polar surface area (TPSA) is 33.2 Å². The van der Waals surface area contributed by atoms with E-state index in [9.17, 15) is 4.79 Å². The zero-order valence-corrected chi connectivity index (χ0v) is 9.75. The van der Waals surface area contributed by atoms with Gasteiger partial charge in [0.15, 0.2) is 0 Å². The van der Waals surface area contributed by atoms with Crippen LogP contribution in [0.25, 0.3) is 0 Å². The Balaban J connectivity index is 1.71. The summed E-state index contributed by atoms with van der Waals surface area (Å²) >= 11 is 1.48. The van der Waals surface area contributed by atoms with Crippen molar-refractivity contribution in [1.29, 1.82) is 0 Å². The Bertz CT molecular complexity index is 385. The van der Waals surface area contributed by atoms with Crippen molar-refractivity contribution in [3.05, 3.63) is 16.6 Å². The number of hydrogen-bond donors (Lipinski definition) is 0. The van der Waals surface area contributed by atoms with E-state index in [-0.39, 0.29) is 5.91 Å². The summed E-state index contributed by atoms with van der Waals surface area (Å²) in [5.41, 5.74) is 2.80. The van der Waals surface area contributed by atoms with Crippen molar-refractivity contribution in [2.75, 3.05) is 13.1 Å². The summed E-state index contributed by atoms with van der Waals surface area (Å²) in [5.74, 6) is 1.56. The zero-order valence-electron chi connectivity index (χ0n) is 8.93. The van der Waals surface area contributed by atoms with E-state index in [0.717, 1.165) is 24.9 Å². The molecule has 1 aliphatic heterocycles. The van der Waals surface area contributed by atoms with Gasteiger partial charge in [0.05, 0.1) is 5.51 Å². The lowest BCUT2D eigenvalue weighted by Crippen LogP contribution is -2.33. The lowest BCUT2D eigenvalue weighted by atomic mass is 10.1. The Labute approximate surface area is 93.1 Å². The fraction of sp³-hybridized carbons (Fsp3) is 0.636. The van der Waals surface area contributed by atoms with Gasteiger partial charge in [-0.3, -0.25) is 4.79 Å². The Morgan fingerprint density at radius 3 is 2.73 bits per heavy atom. The second-order valence-electron chi connectivity index (χ2n) is 5.12. The van der Waals surface area contributed by atoms with Gasteiger partial charge in [0.1, 0.15) is 5.69 Å². The van der Waals surface area contributed by atoms with Gasteiger partial charge < -0.3 is 4.90 Å². The van der Waals surface area contributed by atoms with Crippen LogP contribution in [-0.2, 0) is 0 Å². The molecule has 1 aromatic heterocycles. The van der Waals surface area contributed by atoms with E-state index >= 15 is 0 Å². The maximum absolute atomic E-state index is 12.0. The normalized spacial score (nSPS) is 31.5. The van der Waals surface area contributed by atoms with Crippen molar-refractivity contribution in [2.24, 2.45) is 17.3 Å². The third-order valence-electron chi connectivity index (χ3n) is 4.06. The summed E-state index contributed by atoms with van der Waals surface area (Å²) in [4.78, 5) is 18.0. The van der Waals surface area contributed by atoms with Gasteiger partial charge in [0.25, 0.3) is 5.91 Å². The molecule has 1 saturated carbocycles. The third-order valence-corrected chi connectivity index (χ3v) is 4.65. The van der Waals surface area contributed by atoms with Crippen LogP contribution >= 0.6 is 11.3 Å². The van der Waals surface area contributed by atoms with Gasteiger partial charge >= 0.3 is 0 Å². The van der Waals surface area contributed by atoms with Gasteiger partial charge in [0, 0.05) is 18.5 Å². The molecule has 2 atom stereocenters. The number of amides is 1. The predicted molar refractivity (Wildman–Crippen MR) is 58.8 cm³/mol. The minimum Gasteiger partial charge on any atom is -0.337 e. The number of hydrogen-bond acceptors (Lipinski definition) is 3. The number of piperidine rings is 1. The highest BCUT2D eigenvalue weighted by atomic mass is 32.1. The van der Waals surface area contributed by atoms with Gasteiger partial charge in [-0.25, -0.2) is 4.98 Å². The molecule has 1 aromatic rings. The SMILES string of the molecule is CC1(C)C2CN(C(=O)c3cscn3)CC21. The molecule has 3 nitrogen and oxygen atoms in total. The van der Waals surface area contributed by atoms with Crippen molar-refractivity contribution in [3.8, 4) is 0 Å². The number of nitrogens with zero attached hydrogens (tertiary/aromatic N) is 2. The lowest BCUT2D eigenvalue weighted by molar-refractivity contribution is 0.0753. The molecular formula is C11H14N2OS. The fourth-order valence-corrected chi connectivity index (χ4v) is 3.30. The van der Waals surface area contributed by atoms with Crippen LogP contribution in [0.3, 0.4) is 0 Å². The number of thiazole rings is 1. The molecule has 4 heteroatoms. The molecule has 2 fully saturated rings. The highest BCUT2D eigenvalue weighted by Gasteiger charge is 2.62. The zero-order chi connectivity index (χ0) is 10.6. The number of carbonyl (C=O) groups excluding carboxylic acids is 1. The first-order valence-corrected chi connectivity index (χ1v) is 6.22. The molecule has 0 spiro atoms. The van der Waals surface area contributed by atoms with Crippen LogP contribution in [-0.4, -0.2) is 28.9 Å². The largest absolute Gasteiger partial charge is 0.337 e. The maximum Gasteiger partial charge on any atom is 0.273 e. The molecule has 0 N–H and O–H groups in total. The number of aromatic nitrogens is 1. The first-order chi connectivity index (χ1) is 7.10. The van der Waals surface area contributed by atoms with Crippen LogP contribution in [0.4, 0.5) is 0 Å². The molecule has 1 saturated heterocycles. The lowest BCUT2D eigenvalue weighted by Gasteiger charge is -2.21. The summed E-state index contributed by atoms with van der Waals surface area (Å²) in [6.07, 6.45) is 0. The van der Waals surface area contributed by atoms with Crippen LogP contribution < -0.4 is 0 Å². The smallest absolute Gasteiger partial charge is 0.273 e. The minimum absolute atomic E-state index is 0.110.